The molecular weight excluding hydrogens is 296 g/mol. The fourth-order valence-electron chi connectivity index (χ4n) is 2.88. The van der Waals surface area contributed by atoms with Crippen molar-refractivity contribution in [3.8, 4) is 0 Å². The van der Waals surface area contributed by atoms with Crippen LogP contribution in [0.3, 0.4) is 0 Å². The molecule has 0 saturated carbocycles. The Balaban J connectivity index is 1.87. The Morgan fingerprint density at radius 2 is 2.13 bits per heavy atom. The predicted octanol–water partition coefficient (Wildman–Crippen LogP) is -0.521. The molecule has 0 spiro atoms. The molecule has 23 heavy (non-hydrogen) atoms. The summed E-state index contributed by atoms with van der Waals surface area (Å²) in [5.74, 6) is -0.427. The number of carbonyl (C=O) groups is 2. The maximum atomic E-state index is 12.9. The highest BCUT2D eigenvalue weighted by Gasteiger charge is 2.30. The lowest BCUT2D eigenvalue weighted by atomic mass is 10.1. The van der Waals surface area contributed by atoms with E-state index in [1.54, 1.807) is 34.9 Å². The molecule has 0 aliphatic carbocycles. The van der Waals surface area contributed by atoms with Crippen molar-refractivity contribution >= 4 is 17.5 Å². The van der Waals surface area contributed by atoms with E-state index >= 15 is 0 Å². The number of rotatable bonds is 2. The number of likely N-dealkylation sites (N-methyl/N-ethyl adjacent to an activating group) is 1. The van der Waals surface area contributed by atoms with Gasteiger partial charge in [0.15, 0.2) is 5.65 Å². The molecule has 1 aliphatic rings. The fraction of sp³-hybridized carbons (Fsp3) is 0.467. The van der Waals surface area contributed by atoms with Gasteiger partial charge in [0.1, 0.15) is 5.56 Å². The van der Waals surface area contributed by atoms with Gasteiger partial charge in [-0.15, -0.1) is 0 Å². The quantitative estimate of drug-likeness (QED) is 0.806. The molecule has 1 aliphatic heterocycles. The Kier molecular flexibility index (Phi) is 4.24. The average molecular weight is 316 g/mol. The van der Waals surface area contributed by atoms with Crippen LogP contribution in [0.4, 0.5) is 0 Å². The highest BCUT2D eigenvalue weighted by molar-refractivity contribution is 5.99. The fourth-order valence-corrected chi connectivity index (χ4v) is 2.88. The zero-order valence-corrected chi connectivity index (χ0v) is 13.3. The second-order valence-corrected chi connectivity index (χ2v) is 5.77. The number of nitrogens with zero attached hydrogens (tertiary/aromatic N) is 5. The molecule has 2 aromatic heterocycles. The van der Waals surface area contributed by atoms with Crippen LogP contribution in [0.15, 0.2) is 24.7 Å². The molecule has 1 atom stereocenters. The van der Waals surface area contributed by atoms with Crippen LogP contribution in [0.5, 0.6) is 0 Å². The Hall–Kier alpha value is -2.48. The van der Waals surface area contributed by atoms with Crippen LogP contribution in [-0.2, 0) is 4.79 Å². The van der Waals surface area contributed by atoms with Gasteiger partial charge >= 0.3 is 0 Å². The monoisotopic (exact) mass is 316 g/mol. The number of fused-ring (bicyclic) bond motifs is 1. The third-order valence-electron chi connectivity index (χ3n) is 4.14. The molecule has 0 bridgehead atoms. The van der Waals surface area contributed by atoms with Crippen LogP contribution in [0.2, 0.25) is 0 Å². The van der Waals surface area contributed by atoms with E-state index in [-0.39, 0.29) is 17.7 Å². The van der Waals surface area contributed by atoms with Crippen molar-refractivity contribution < 1.29 is 9.59 Å². The summed E-state index contributed by atoms with van der Waals surface area (Å²) in [4.78, 5) is 32.9. The summed E-state index contributed by atoms with van der Waals surface area (Å²) < 4.78 is 1.58. The highest BCUT2D eigenvalue weighted by Crippen LogP contribution is 2.15. The summed E-state index contributed by atoms with van der Waals surface area (Å²) in [5, 5.41) is 6.83. The molecule has 3 heterocycles. The van der Waals surface area contributed by atoms with Crippen molar-refractivity contribution in [1.82, 2.24) is 29.7 Å². The Bertz CT molecular complexity index is 728. The third-order valence-corrected chi connectivity index (χ3v) is 4.14. The van der Waals surface area contributed by atoms with Crippen molar-refractivity contribution in [1.29, 1.82) is 0 Å². The van der Waals surface area contributed by atoms with E-state index in [4.69, 9.17) is 0 Å². The zero-order chi connectivity index (χ0) is 16.4. The van der Waals surface area contributed by atoms with Gasteiger partial charge in [-0.05, 0) is 13.1 Å². The standard InChI is InChI=1S/C15H20N6O2/c1-16-14(22)11-9-19(2)6-7-20(10-11)15(23)12-8-18-21-5-3-4-17-13(12)21/h3-5,8,11H,6-7,9-10H2,1-2H3,(H,16,22)/t11-/m0/s1. The first-order chi connectivity index (χ1) is 11.1. The van der Waals surface area contributed by atoms with Crippen LogP contribution in [0.25, 0.3) is 5.65 Å². The summed E-state index contributed by atoms with van der Waals surface area (Å²) in [5.41, 5.74) is 0.998. The minimum Gasteiger partial charge on any atom is -0.359 e. The van der Waals surface area contributed by atoms with Crippen molar-refractivity contribution in [2.45, 2.75) is 0 Å². The Morgan fingerprint density at radius 1 is 1.30 bits per heavy atom. The first-order valence-electron chi connectivity index (χ1n) is 7.58. The molecule has 3 rings (SSSR count). The van der Waals surface area contributed by atoms with E-state index in [1.807, 2.05) is 7.05 Å². The molecule has 122 valence electrons. The molecule has 2 amide bonds. The van der Waals surface area contributed by atoms with Crippen molar-refractivity contribution in [3.05, 3.63) is 30.2 Å². The molecule has 0 radical (unpaired) electrons. The van der Waals surface area contributed by atoms with Gasteiger partial charge in [0.05, 0.1) is 12.1 Å². The normalized spacial score (nSPS) is 19.6. The molecule has 8 nitrogen and oxygen atoms in total. The number of nitrogens with one attached hydrogen (secondary N) is 1. The van der Waals surface area contributed by atoms with Gasteiger partial charge in [0.2, 0.25) is 5.91 Å². The SMILES string of the molecule is CNC(=O)[C@H]1CN(C)CCN(C(=O)c2cnn3cccnc23)C1. The van der Waals surface area contributed by atoms with Gasteiger partial charge in [-0.1, -0.05) is 0 Å². The number of hydrogen-bond donors (Lipinski definition) is 1. The summed E-state index contributed by atoms with van der Waals surface area (Å²) in [6.07, 6.45) is 4.92. The van der Waals surface area contributed by atoms with Crippen LogP contribution in [-0.4, -0.2) is 76.5 Å². The van der Waals surface area contributed by atoms with E-state index in [2.05, 4.69) is 20.3 Å². The first kappa shape index (κ1) is 15.4. The van der Waals surface area contributed by atoms with E-state index in [0.717, 1.165) is 6.54 Å². The van der Waals surface area contributed by atoms with Crippen LogP contribution >= 0.6 is 0 Å². The third kappa shape index (κ3) is 3.02. The predicted molar refractivity (Wildman–Crippen MR) is 83.9 cm³/mol. The van der Waals surface area contributed by atoms with Crippen LogP contribution < -0.4 is 5.32 Å². The molecule has 0 unspecified atom stereocenters. The summed E-state index contributed by atoms with van der Waals surface area (Å²) >= 11 is 0. The summed E-state index contributed by atoms with van der Waals surface area (Å²) in [7, 11) is 3.58. The largest absolute Gasteiger partial charge is 0.359 e. The minimum atomic E-state index is -0.244. The average Bonchev–Trinajstić information content (AvgIpc) is 2.90. The lowest BCUT2D eigenvalue weighted by Gasteiger charge is -2.22. The summed E-state index contributed by atoms with van der Waals surface area (Å²) in [6, 6.07) is 1.76. The van der Waals surface area contributed by atoms with Gasteiger partial charge < -0.3 is 15.1 Å². The van der Waals surface area contributed by atoms with E-state index in [1.165, 1.54) is 6.20 Å². The minimum absolute atomic E-state index is 0.0467. The molecule has 0 aromatic carbocycles. The molecule has 8 heteroatoms. The maximum Gasteiger partial charge on any atom is 0.259 e. The van der Waals surface area contributed by atoms with Crippen LogP contribution in [0.1, 0.15) is 10.4 Å². The molecule has 1 saturated heterocycles. The topological polar surface area (TPSA) is 82.8 Å². The van der Waals surface area contributed by atoms with Gasteiger partial charge in [-0.3, -0.25) is 9.59 Å². The van der Waals surface area contributed by atoms with Gasteiger partial charge in [0, 0.05) is 45.6 Å². The Labute approximate surface area is 134 Å². The molecule has 1 N–H and O–H groups in total. The number of aromatic nitrogens is 3. The second kappa shape index (κ2) is 6.33. The number of hydrogen-bond acceptors (Lipinski definition) is 5. The van der Waals surface area contributed by atoms with Gasteiger partial charge in [-0.2, -0.15) is 5.10 Å². The summed E-state index contributed by atoms with van der Waals surface area (Å²) in [6.45, 7) is 2.34. The molecule has 2 aromatic rings. The molecule has 1 fully saturated rings. The number of carbonyl (C=O) groups excluding carboxylic acids is 2. The zero-order valence-electron chi connectivity index (χ0n) is 13.3. The lowest BCUT2D eigenvalue weighted by Crippen LogP contribution is -2.41. The first-order valence-corrected chi connectivity index (χ1v) is 7.58. The van der Waals surface area contributed by atoms with Crippen LogP contribution in [0, 0.1) is 5.92 Å². The lowest BCUT2D eigenvalue weighted by molar-refractivity contribution is -0.125. The van der Waals surface area contributed by atoms with E-state index in [0.29, 0.717) is 30.8 Å². The van der Waals surface area contributed by atoms with Crippen molar-refractivity contribution in [2.24, 2.45) is 5.92 Å². The smallest absolute Gasteiger partial charge is 0.259 e. The molecular formula is C15H20N6O2. The van der Waals surface area contributed by atoms with E-state index < -0.39 is 0 Å². The van der Waals surface area contributed by atoms with Crippen molar-refractivity contribution in [2.75, 3.05) is 40.3 Å². The van der Waals surface area contributed by atoms with E-state index in [9.17, 15) is 9.59 Å². The number of amides is 2. The highest BCUT2D eigenvalue weighted by atomic mass is 16.2. The van der Waals surface area contributed by atoms with Crippen molar-refractivity contribution in [3.63, 3.8) is 0 Å². The second-order valence-electron chi connectivity index (χ2n) is 5.77. The maximum absolute atomic E-state index is 12.9. The Morgan fingerprint density at radius 3 is 2.91 bits per heavy atom. The van der Waals surface area contributed by atoms with Gasteiger partial charge in [-0.25, -0.2) is 9.50 Å². The van der Waals surface area contributed by atoms with Gasteiger partial charge in [0.25, 0.3) is 5.91 Å².